The Morgan fingerprint density at radius 1 is 1.37 bits per heavy atom. The predicted molar refractivity (Wildman–Crippen MR) is 109 cm³/mol. The van der Waals surface area contributed by atoms with Gasteiger partial charge in [0.05, 0.1) is 16.6 Å². The van der Waals surface area contributed by atoms with Gasteiger partial charge in [-0.1, -0.05) is 25.1 Å². The van der Waals surface area contributed by atoms with Crippen LogP contribution in [0.25, 0.3) is 0 Å². The van der Waals surface area contributed by atoms with Crippen LogP contribution in [0.5, 0.6) is 0 Å². The molecule has 0 aliphatic carbocycles. The number of allylic oxidation sites excluding steroid dienone is 1. The molecule has 0 radical (unpaired) electrons. The molecular formula is C21H25N3O6. The lowest BCUT2D eigenvalue weighted by atomic mass is 9.92. The van der Waals surface area contributed by atoms with Crippen molar-refractivity contribution in [3.05, 3.63) is 63.9 Å². The van der Waals surface area contributed by atoms with Crippen molar-refractivity contribution < 1.29 is 24.0 Å². The number of urea groups is 1. The van der Waals surface area contributed by atoms with Gasteiger partial charge in [-0.05, 0) is 26.3 Å². The number of hydrogen-bond acceptors (Lipinski definition) is 6. The molecule has 1 aliphatic heterocycles. The lowest BCUT2D eigenvalue weighted by molar-refractivity contribution is -0.384. The fourth-order valence-corrected chi connectivity index (χ4v) is 3.28. The van der Waals surface area contributed by atoms with E-state index in [2.05, 4.69) is 6.58 Å². The first-order valence-electron chi connectivity index (χ1n) is 9.54. The summed E-state index contributed by atoms with van der Waals surface area (Å²) in [6.45, 7) is 10.2. The van der Waals surface area contributed by atoms with Crippen LogP contribution in [0.1, 0.15) is 45.7 Å². The highest BCUT2D eigenvalue weighted by Crippen LogP contribution is 2.39. The summed E-state index contributed by atoms with van der Waals surface area (Å²) in [7, 11) is 0. The maximum absolute atomic E-state index is 13.2. The maximum Gasteiger partial charge on any atom is 0.338 e. The fraction of sp³-hybridized carbons (Fsp3) is 0.381. The Labute approximate surface area is 174 Å². The Balaban J connectivity index is 2.80. The van der Waals surface area contributed by atoms with Gasteiger partial charge in [-0.3, -0.25) is 24.7 Å². The van der Waals surface area contributed by atoms with Gasteiger partial charge < -0.3 is 4.74 Å². The van der Waals surface area contributed by atoms with Gasteiger partial charge in [-0.15, -0.1) is 6.58 Å². The number of nitro groups is 1. The number of nitrogens with zero attached hydrogens (tertiary/aromatic N) is 3. The molecule has 0 bridgehead atoms. The van der Waals surface area contributed by atoms with Crippen LogP contribution in [0, 0.1) is 10.1 Å². The molecule has 1 atom stereocenters. The van der Waals surface area contributed by atoms with E-state index < -0.39 is 35.0 Å². The van der Waals surface area contributed by atoms with Gasteiger partial charge in [-0.25, -0.2) is 9.59 Å². The summed E-state index contributed by atoms with van der Waals surface area (Å²) in [5, 5.41) is 11.3. The van der Waals surface area contributed by atoms with Crippen LogP contribution >= 0.6 is 0 Å². The molecule has 0 saturated heterocycles. The normalized spacial score (nSPS) is 16.7. The third kappa shape index (κ3) is 4.40. The van der Waals surface area contributed by atoms with Crippen molar-refractivity contribution in [2.24, 2.45) is 0 Å². The first kappa shape index (κ1) is 22.8. The fourth-order valence-electron chi connectivity index (χ4n) is 3.28. The van der Waals surface area contributed by atoms with Gasteiger partial charge in [0.15, 0.2) is 0 Å². The molecule has 0 saturated carbocycles. The number of esters is 1. The minimum Gasteiger partial charge on any atom is -0.459 e. The topological polar surface area (TPSA) is 110 Å². The Morgan fingerprint density at radius 3 is 2.57 bits per heavy atom. The second-order valence-electron chi connectivity index (χ2n) is 7.01. The minimum atomic E-state index is -1.14. The molecule has 1 heterocycles. The molecule has 0 spiro atoms. The molecule has 0 aromatic heterocycles. The van der Waals surface area contributed by atoms with Crippen molar-refractivity contribution in [1.29, 1.82) is 0 Å². The number of ether oxygens (including phenoxy) is 1. The van der Waals surface area contributed by atoms with Crippen LogP contribution in [0.2, 0.25) is 0 Å². The van der Waals surface area contributed by atoms with Crippen LogP contribution in [-0.4, -0.2) is 45.3 Å². The molecule has 1 aromatic carbocycles. The van der Waals surface area contributed by atoms with Gasteiger partial charge >= 0.3 is 12.0 Å². The Hall–Kier alpha value is -3.49. The third-order valence-electron chi connectivity index (χ3n) is 4.61. The molecule has 30 heavy (non-hydrogen) atoms. The lowest BCUT2D eigenvalue weighted by Crippen LogP contribution is -2.53. The van der Waals surface area contributed by atoms with Gasteiger partial charge in [0.25, 0.3) is 5.69 Å². The van der Waals surface area contributed by atoms with E-state index in [1.807, 2.05) is 0 Å². The van der Waals surface area contributed by atoms with Gasteiger partial charge in [0.2, 0.25) is 5.91 Å². The van der Waals surface area contributed by atoms with Crippen molar-refractivity contribution in [3.8, 4) is 0 Å². The molecule has 0 N–H and O–H groups in total. The van der Waals surface area contributed by atoms with E-state index in [0.717, 1.165) is 4.90 Å². The van der Waals surface area contributed by atoms with Crippen molar-refractivity contribution in [1.82, 2.24) is 9.80 Å². The maximum atomic E-state index is 13.2. The zero-order valence-electron chi connectivity index (χ0n) is 17.5. The Bertz CT molecular complexity index is 921. The van der Waals surface area contributed by atoms with Gasteiger partial charge in [0.1, 0.15) is 6.04 Å². The highest BCUT2D eigenvalue weighted by atomic mass is 16.6. The van der Waals surface area contributed by atoms with Gasteiger partial charge in [0, 0.05) is 30.8 Å². The highest BCUT2D eigenvalue weighted by Gasteiger charge is 2.45. The standard InChI is InChI=1S/C21H25N3O6/c1-6-11-22-14(5)18(20(26)30-13(3)4)19(23(21(22)27)17(25)7-2)15-9-8-10-16(12-15)24(28)29/h6,8-10,12-13,19H,1,7,11H2,2-5H3. The van der Waals surface area contributed by atoms with Crippen molar-refractivity contribution >= 4 is 23.6 Å². The molecule has 1 unspecified atom stereocenters. The number of imide groups is 1. The second-order valence-corrected chi connectivity index (χ2v) is 7.01. The summed E-state index contributed by atoms with van der Waals surface area (Å²) in [4.78, 5) is 51.9. The number of rotatable bonds is 7. The Kier molecular flexibility index (Phi) is 7.10. The van der Waals surface area contributed by atoms with Crippen LogP contribution in [0.3, 0.4) is 0 Å². The zero-order valence-corrected chi connectivity index (χ0v) is 17.5. The molecular weight excluding hydrogens is 390 g/mol. The first-order chi connectivity index (χ1) is 14.1. The van der Waals surface area contributed by atoms with Crippen LogP contribution < -0.4 is 0 Å². The first-order valence-corrected chi connectivity index (χ1v) is 9.54. The molecule has 1 aromatic rings. The average Bonchev–Trinajstić information content (AvgIpc) is 2.69. The summed E-state index contributed by atoms with van der Waals surface area (Å²) in [5.41, 5.74) is 0.439. The van der Waals surface area contributed by atoms with E-state index >= 15 is 0 Å². The summed E-state index contributed by atoms with van der Waals surface area (Å²) < 4.78 is 5.38. The number of carbonyl (C=O) groups is 3. The lowest BCUT2D eigenvalue weighted by Gasteiger charge is -2.41. The molecule has 2 rings (SSSR count). The van der Waals surface area contributed by atoms with E-state index in [9.17, 15) is 24.5 Å². The summed E-state index contributed by atoms with van der Waals surface area (Å²) in [5.74, 6) is -1.22. The molecule has 3 amide bonds. The van der Waals surface area contributed by atoms with E-state index in [0.29, 0.717) is 5.70 Å². The molecule has 160 valence electrons. The van der Waals surface area contributed by atoms with E-state index in [-0.39, 0.29) is 29.8 Å². The number of nitro benzene ring substituents is 1. The van der Waals surface area contributed by atoms with Crippen LogP contribution in [-0.2, 0) is 14.3 Å². The minimum absolute atomic E-state index is 0.00461. The molecule has 9 nitrogen and oxygen atoms in total. The zero-order chi connectivity index (χ0) is 22.6. The summed E-state index contributed by atoms with van der Waals surface area (Å²) >= 11 is 0. The number of hydrogen-bond donors (Lipinski definition) is 0. The number of amides is 3. The SMILES string of the molecule is C=CCN1C(=O)N(C(=O)CC)C(c2cccc([N+](=O)[O-])c2)C(C(=O)OC(C)C)=C1C. The number of carbonyl (C=O) groups excluding carboxylic acids is 3. The van der Waals surface area contributed by atoms with Crippen LogP contribution in [0.4, 0.5) is 10.5 Å². The van der Waals surface area contributed by atoms with Crippen molar-refractivity contribution in [3.63, 3.8) is 0 Å². The smallest absolute Gasteiger partial charge is 0.338 e. The molecule has 9 heteroatoms. The van der Waals surface area contributed by atoms with Crippen LogP contribution in [0.15, 0.2) is 48.2 Å². The summed E-state index contributed by atoms with van der Waals surface area (Å²) in [6.07, 6.45) is 1.05. The largest absolute Gasteiger partial charge is 0.459 e. The third-order valence-corrected chi connectivity index (χ3v) is 4.61. The average molecular weight is 415 g/mol. The second kappa shape index (κ2) is 9.34. The molecule has 1 aliphatic rings. The number of benzene rings is 1. The van der Waals surface area contributed by atoms with Crippen molar-refractivity contribution in [2.45, 2.75) is 46.3 Å². The highest BCUT2D eigenvalue weighted by molar-refractivity contribution is 6.02. The van der Waals surface area contributed by atoms with E-state index in [4.69, 9.17) is 4.74 Å². The monoisotopic (exact) mass is 415 g/mol. The van der Waals surface area contributed by atoms with E-state index in [1.165, 1.54) is 29.2 Å². The predicted octanol–water partition coefficient (Wildman–Crippen LogP) is 3.72. The van der Waals surface area contributed by atoms with Gasteiger partial charge in [-0.2, -0.15) is 0 Å². The van der Waals surface area contributed by atoms with E-state index in [1.54, 1.807) is 33.8 Å². The Morgan fingerprint density at radius 2 is 2.03 bits per heavy atom. The molecule has 0 fully saturated rings. The van der Waals surface area contributed by atoms with Crippen molar-refractivity contribution in [2.75, 3.05) is 6.54 Å². The summed E-state index contributed by atoms with van der Waals surface area (Å²) in [6, 6.07) is 3.78. The number of non-ortho nitro benzene ring substituents is 1. The quantitative estimate of drug-likeness (QED) is 0.290.